The number of nitro groups is 1. The van der Waals surface area contributed by atoms with Gasteiger partial charge in [-0.1, -0.05) is 24.3 Å². The van der Waals surface area contributed by atoms with E-state index in [1.807, 2.05) is 51.1 Å². The van der Waals surface area contributed by atoms with Crippen LogP contribution in [0.5, 0.6) is 0 Å². The van der Waals surface area contributed by atoms with E-state index in [2.05, 4.69) is 10.3 Å². The molecule has 3 aromatic carbocycles. The summed E-state index contributed by atoms with van der Waals surface area (Å²) in [6, 6.07) is 15.7. The lowest BCUT2D eigenvalue weighted by molar-refractivity contribution is -0.384. The number of non-ortho nitro benzene ring substituents is 1. The van der Waals surface area contributed by atoms with Crippen LogP contribution in [0.1, 0.15) is 22.3 Å². The Balaban J connectivity index is 1.57. The molecule has 0 aliphatic heterocycles. The predicted octanol–water partition coefficient (Wildman–Crippen LogP) is 5.98. The first-order chi connectivity index (χ1) is 15.3. The average molecular weight is 427 g/mol. The van der Waals surface area contributed by atoms with E-state index in [1.165, 1.54) is 24.3 Å². The Morgan fingerprint density at radius 3 is 2.66 bits per heavy atom. The number of benzene rings is 3. The van der Waals surface area contributed by atoms with Gasteiger partial charge in [0.25, 0.3) is 5.69 Å². The first kappa shape index (κ1) is 21.0. The Morgan fingerprint density at radius 1 is 1.06 bits per heavy atom. The zero-order valence-corrected chi connectivity index (χ0v) is 17.9. The van der Waals surface area contributed by atoms with Crippen molar-refractivity contribution in [3.8, 4) is 11.5 Å². The van der Waals surface area contributed by atoms with Crippen LogP contribution in [0, 0.1) is 30.9 Å². The number of oxazole rings is 1. The SMILES string of the molecule is Cc1cc(C)c2oc(-c3ccc(C)c(NC(=O)/C=C/c4cccc([N+](=O)[O-])c4)c3)nc2c1. The maximum absolute atomic E-state index is 12.5. The van der Waals surface area contributed by atoms with Crippen LogP contribution in [-0.2, 0) is 4.79 Å². The van der Waals surface area contributed by atoms with E-state index in [0.29, 0.717) is 17.1 Å². The second-order valence-electron chi connectivity index (χ2n) is 7.65. The summed E-state index contributed by atoms with van der Waals surface area (Å²) in [6.45, 7) is 5.89. The number of anilines is 1. The first-order valence-electron chi connectivity index (χ1n) is 10.0. The van der Waals surface area contributed by atoms with Crippen LogP contribution < -0.4 is 5.32 Å². The van der Waals surface area contributed by atoms with Crippen LogP contribution in [-0.4, -0.2) is 15.8 Å². The van der Waals surface area contributed by atoms with Crippen molar-refractivity contribution in [3.05, 3.63) is 93.0 Å². The number of nitrogens with one attached hydrogen (secondary N) is 1. The Labute approximate surface area is 184 Å². The Hall–Kier alpha value is -4.26. The van der Waals surface area contributed by atoms with E-state index in [1.54, 1.807) is 12.1 Å². The van der Waals surface area contributed by atoms with Crippen molar-refractivity contribution in [1.29, 1.82) is 0 Å². The number of rotatable bonds is 5. The van der Waals surface area contributed by atoms with Gasteiger partial charge in [-0.05, 0) is 67.3 Å². The van der Waals surface area contributed by atoms with Crippen LogP contribution in [0.2, 0.25) is 0 Å². The van der Waals surface area contributed by atoms with Crippen LogP contribution in [0.4, 0.5) is 11.4 Å². The molecular weight excluding hydrogens is 406 g/mol. The van der Waals surface area contributed by atoms with Gasteiger partial charge in [-0.15, -0.1) is 0 Å². The molecule has 1 N–H and O–H groups in total. The molecule has 1 amide bonds. The molecule has 7 nitrogen and oxygen atoms in total. The van der Waals surface area contributed by atoms with E-state index in [9.17, 15) is 14.9 Å². The van der Waals surface area contributed by atoms with Crippen molar-refractivity contribution in [3.63, 3.8) is 0 Å². The normalized spacial score (nSPS) is 11.2. The van der Waals surface area contributed by atoms with Crippen LogP contribution in [0.25, 0.3) is 28.6 Å². The minimum Gasteiger partial charge on any atom is -0.436 e. The summed E-state index contributed by atoms with van der Waals surface area (Å²) in [5, 5.41) is 13.8. The van der Waals surface area contributed by atoms with Gasteiger partial charge >= 0.3 is 0 Å². The smallest absolute Gasteiger partial charge is 0.270 e. The average Bonchev–Trinajstić information content (AvgIpc) is 3.18. The van der Waals surface area contributed by atoms with E-state index in [4.69, 9.17) is 4.42 Å². The molecule has 0 saturated heterocycles. The number of carbonyl (C=O) groups is 1. The molecule has 0 aliphatic rings. The van der Waals surface area contributed by atoms with Gasteiger partial charge in [0.15, 0.2) is 5.58 Å². The van der Waals surface area contributed by atoms with Gasteiger partial charge in [0.05, 0.1) is 4.92 Å². The van der Waals surface area contributed by atoms with Crippen molar-refractivity contribution in [2.75, 3.05) is 5.32 Å². The molecule has 1 heterocycles. The van der Waals surface area contributed by atoms with Crippen LogP contribution >= 0.6 is 0 Å². The second kappa shape index (κ2) is 8.47. The van der Waals surface area contributed by atoms with Gasteiger partial charge in [-0.2, -0.15) is 0 Å². The third kappa shape index (κ3) is 4.41. The number of aryl methyl sites for hydroxylation is 3. The second-order valence-corrected chi connectivity index (χ2v) is 7.65. The summed E-state index contributed by atoms with van der Waals surface area (Å²) in [5.74, 6) is 0.136. The minimum atomic E-state index is -0.471. The molecule has 0 spiro atoms. The maximum Gasteiger partial charge on any atom is 0.270 e. The molecule has 4 aromatic rings. The molecule has 4 rings (SSSR count). The predicted molar refractivity (Wildman–Crippen MR) is 124 cm³/mol. The molecule has 1 aromatic heterocycles. The van der Waals surface area contributed by atoms with Gasteiger partial charge in [-0.25, -0.2) is 4.98 Å². The van der Waals surface area contributed by atoms with Gasteiger partial charge < -0.3 is 9.73 Å². The van der Waals surface area contributed by atoms with Crippen LogP contribution in [0.15, 0.2) is 65.1 Å². The summed E-state index contributed by atoms with van der Waals surface area (Å²) >= 11 is 0. The zero-order valence-electron chi connectivity index (χ0n) is 17.9. The summed E-state index contributed by atoms with van der Waals surface area (Å²) < 4.78 is 5.98. The highest BCUT2D eigenvalue weighted by molar-refractivity contribution is 6.02. The highest BCUT2D eigenvalue weighted by Gasteiger charge is 2.13. The van der Waals surface area contributed by atoms with Crippen molar-refractivity contribution >= 4 is 34.5 Å². The topological polar surface area (TPSA) is 98.3 Å². The number of carbonyl (C=O) groups excluding carboxylic acids is 1. The monoisotopic (exact) mass is 427 g/mol. The zero-order chi connectivity index (χ0) is 22.8. The summed E-state index contributed by atoms with van der Waals surface area (Å²) in [6.07, 6.45) is 2.88. The Bertz CT molecular complexity index is 1390. The van der Waals surface area contributed by atoms with E-state index in [0.717, 1.165) is 33.4 Å². The highest BCUT2D eigenvalue weighted by Crippen LogP contribution is 2.30. The third-order valence-electron chi connectivity index (χ3n) is 5.07. The standard InChI is InChI=1S/C25H21N3O4/c1-15-11-17(3)24-22(12-15)27-25(32-24)19-9-7-16(2)21(14-19)26-23(29)10-8-18-5-4-6-20(13-18)28(30)31/h4-14H,1-3H3,(H,26,29)/b10-8+. The molecule has 0 aliphatic carbocycles. The van der Waals surface area contributed by atoms with Gasteiger partial charge in [0, 0.05) is 29.5 Å². The van der Waals surface area contributed by atoms with Gasteiger partial charge in [-0.3, -0.25) is 14.9 Å². The third-order valence-corrected chi connectivity index (χ3v) is 5.07. The fourth-order valence-electron chi connectivity index (χ4n) is 3.48. The molecule has 0 unspecified atom stereocenters. The number of nitrogens with zero attached hydrogens (tertiary/aromatic N) is 2. The van der Waals surface area contributed by atoms with Crippen molar-refractivity contribution < 1.29 is 14.1 Å². The summed E-state index contributed by atoms with van der Waals surface area (Å²) in [4.78, 5) is 27.5. The lowest BCUT2D eigenvalue weighted by atomic mass is 10.1. The molecule has 0 radical (unpaired) electrons. The molecule has 7 heteroatoms. The Kier molecular flexibility index (Phi) is 5.55. The summed E-state index contributed by atoms with van der Waals surface area (Å²) in [7, 11) is 0. The molecule has 0 fully saturated rings. The van der Waals surface area contributed by atoms with Gasteiger partial charge in [0.1, 0.15) is 5.52 Å². The number of hydrogen-bond donors (Lipinski definition) is 1. The largest absolute Gasteiger partial charge is 0.436 e. The van der Waals surface area contributed by atoms with E-state index >= 15 is 0 Å². The number of hydrogen-bond acceptors (Lipinski definition) is 5. The number of amides is 1. The van der Waals surface area contributed by atoms with Gasteiger partial charge in [0.2, 0.25) is 11.8 Å². The number of aromatic nitrogens is 1. The lowest BCUT2D eigenvalue weighted by Crippen LogP contribution is -2.09. The maximum atomic E-state index is 12.5. The number of fused-ring (bicyclic) bond motifs is 1. The first-order valence-corrected chi connectivity index (χ1v) is 10.0. The molecule has 0 atom stereocenters. The van der Waals surface area contributed by atoms with Crippen LogP contribution in [0.3, 0.4) is 0 Å². The molecule has 0 bridgehead atoms. The fraction of sp³-hybridized carbons (Fsp3) is 0.120. The van der Waals surface area contributed by atoms with E-state index < -0.39 is 4.92 Å². The Morgan fingerprint density at radius 2 is 1.88 bits per heavy atom. The van der Waals surface area contributed by atoms with Crippen molar-refractivity contribution in [2.45, 2.75) is 20.8 Å². The molecule has 160 valence electrons. The summed E-state index contributed by atoms with van der Waals surface area (Å²) in [5.41, 5.74) is 6.48. The number of nitro benzene ring substituents is 1. The molecule has 32 heavy (non-hydrogen) atoms. The highest BCUT2D eigenvalue weighted by atomic mass is 16.6. The molecule has 0 saturated carbocycles. The minimum absolute atomic E-state index is 0.0279. The lowest BCUT2D eigenvalue weighted by Gasteiger charge is -2.08. The van der Waals surface area contributed by atoms with Crippen molar-refractivity contribution in [2.24, 2.45) is 0 Å². The fourth-order valence-corrected chi connectivity index (χ4v) is 3.48. The van der Waals surface area contributed by atoms with E-state index in [-0.39, 0.29) is 11.6 Å². The van der Waals surface area contributed by atoms with Crippen molar-refractivity contribution in [1.82, 2.24) is 4.98 Å². The molecular formula is C25H21N3O4. The quantitative estimate of drug-likeness (QED) is 0.240.